The summed E-state index contributed by atoms with van der Waals surface area (Å²) in [6, 6.07) is 10.7. The number of carbonyl (C=O) groups excluding carboxylic acids is 2. The van der Waals surface area contributed by atoms with Crippen LogP contribution in [0.5, 0.6) is 0 Å². The van der Waals surface area contributed by atoms with Gasteiger partial charge < -0.3 is 4.90 Å². The highest BCUT2D eigenvalue weighted by Crippen LogP contribution is 2.23. The van der Waals surface area contributed by atoms with Crippen molar-refractivity contribution in [3.63, 3.8) is 0 Å². The SMILES string of the molecule is Cc1ccnc(N(C)CCN2C(=O)c3ccccc3C2=O)c1C#N. The van der Waals surface area contributed by atoms with Crippen LogP contribution in [0.15, 0.2) is 36.5 Å². The third kappa shape index (κ3) is 2.50. The maximum atomic E-state index is 12.4. The van der Waals surface area contributed by atoms with Crippen molar-refractivity contribution in [2.75, 3.05) is 25.0 Å². The van der Waals surface area contributed by atoms with E-state index in [9.17, 15) is 14.9 Å². The summed E-state index contributed by atoms with van der Waals surface area (Å²) in [5.74, 6) is -0.00229. The number of benzene rings is 1. The second-order valence-corrected chi connectivity index (χ2v) is 5.67. The van der Waals surface area contributed by atoms with Crippen LogP contribution in [0.3, 0.4) is 0 Å². The molecule has 0 bridgehead atoms. The summed E-state index contributed by atoms with van der Waals surface area (Å²) in [4.78, 5) is 32.0. The van der Waals surface area contributed by atoms with Gasteiger partial charge in [0, 0.05) is 26.3 Å². The Morgan fingerprint density at radius 3 is 2.38 bits per heavy atom. The zero-order chi connectivity index (χ0) is 17.3. The molecular weight excluding hydrogens is 304 g/mol. The molecule has 2 heterocycles. The molecule has 1 aliphatic rings. The minimum Gasteiger partial charge on any atom is -0.357 e. The molecule has 0 atom stereocenters. The van der Waals surface area contributed by atoms with Crippen LogP contribution in [0.2, 0.25) is 0 Å². The molecule has 1 aromatic carbocycles. The van der Waals surface area contributed by atoms with E-state index in [1.54, 1.807) is 48.5 Å². The number of nitriles is 1. The van der Waals surface area contributed by atoms with Crippen molar-refractivity contribution in [2.45, 2.75) is 6.92 Å². The number of pyridine rings is 1. The Bertz CT molecular complexity index is 835. The van der Waals surface area contributed by atoms with Gasteiger partial charge in [0.1, 0.15) is 11.9 Å². The summed E-state index contributed by atoms with van der Waals surface area (Å²) in [7, 11) is 1.79. The lowest BCUT2D eigenvalue weighted by atomic mass is 10.1. The molecule has 3 rings (SSSR count). The Hall–Kier alpha value is -3.20. The molecule has 1 aliphatic heterocycles. The van der Waals surface area contributed by atoms with Gasteiger partial charge in [-0.1, -0.05) is 12.1 Å². The maximum absolute atomic E-state index is 12.4. The predicted molar refractivity (Wildman–Crippen MR) is 88.8 cm³/mol. The van der Waals surface area contributed by atoms with Crippen LogP contribution in [0.1, 0.15) is 31.8 Å². The molecule has 0 spiro atoms. The van der Waals surface area contributed by atoms with Gasteiger partial charge in [0.15, 0.2) is 0 Å². The molecule has 24 heavy (non-hydrogen) atoms. The summed E-state index contributed by atoms with van der Waals surface area (Å²) in [6.45, 7) is 2.49. The minimum absolute atomic E-state index is 0.239. The van der Waals surface area contributed by atoms with Crippen LogP contribution in [0, 0.1) is 18.3 Å². The molecule has 0 aliphatic carbocycles. The zero-order valence-corrected chi connectivity index (χ0v) is 13.5. The monoisotopic (exact) mass is 320 g/mol. The highest BCUT2D eigenvalue weighted by molar-refractivity contribution is 6.21. The van der Waals surface area contributed by atoms with Crippen molar-refractivity contribution in [1.29, 1.82) is 5.26 Å². The fourth-order valence-electron chi connectivity index (χ4n) is 2.77. The molecule has 0 fully saturated rings. The van der Waals surface area contributed by atoms with E-state index in [1.807, 2.05) is 6.92 Å². The second-order valence-electron chi connectivity index (χ2n) is 5.67. The van der Waals surface area contributed by atoms with Gasteiger partial charge in [-0.3, -0.25) is 14.5 Å². The van der Waals surface area contributed by atoms with Crippen LogP contribution in [0.4, 0.5) is 5.82 Å². The van der Waals surface area contributed by atoms with E-state index in [2.05, 4.69) is 11.1 Å². The lowest BCUT2D eigenvalue weighted by molar-refractivity contribution is 0.0658. The lowest BCUT2D eigenvalue weighted by Crippen LogP contribution is -2.37. The smallest absolute Gasteiger partial charge is 0.261 e. The second kappa shape index (κ2) is 6.13. The normalized spacial score (nSPS) is 13.0. The summed E-state index contributed by atoms with van der Waals surface area (Å²) in [5, 5.41) is 9.30. The number of carbonyl (C=O) groups is 2. The number of aromatic nitrogens is 1. The quantitative estimate of drug-likeness (QED) is 0.805. The number of aryl methyl sites for hydroxylation is 1. The number of hydrogen-bond acceptors (Lipinski definition) is 5. The van der Waals surface area contributed by atoms with Crippen LogP contribution < -0.4 is 4.90 Å². The minimum atomic E-state index is -0.276. The number of anilines is 1. The van der Waals surface area contributed by atoms with Gasteiger partial charge >= 0.3 is 0 Å². The summed E-state index contributed by atoms with van der Waals surface area (Å²) < 4.78 is 0. The van der Waals surface area contributed by atoms with Gasteiger partial charge in [-0.05, 0) is 30.7 Å². The van der Waals surface area contributed by atoms with Crippen molar-refractivity contribution in [2.24, 2.45) is 0 Å². The highest BCUT2D eigenvalue weighted by Gasteiger charge is 2.34. The first-order chi connectivity index (χ1) is 11.5. The first-order valence-corrected chi connectivity index (χ1v) is 7.56. The maximum Gasteiger partial charge on any atom is 0.261 e. The van der Waals surface area contributed by atoms with E-state index >= 15 is 0 Å². The Morgan fingerprint density at radius 2 is 1.79 bits per heavy atom. The molecule has 6 heteroatoms. The first-order valence-electron chi connectivity index (χ1n) is 7.56. The predicted octanol–water partition coefficient (Wildman–Crippen LogP) is 1.99. The van der Waals surface area contributed by atoms with E-state index in [1.165, 1.54) is 4.90 Å². The molecule has 0 saturated heterocycles. The Morgan fingerprint density at radius 1 is 1.17 bits per heavy atom. The van der Waals surface area contributed by atoms with Crippen molar-refractivity contribution in [3.8, 4) is 6.07 Å². The van der Waals surface area contributed by atoms with Gasteiger partial charge in [-0.15, -0.1) is 0 Å². The van der Waals surface area contributed by atoms with Crippen molar-refractivity contribution < 1.29 is 9.59 Å². The average molecular weight is 320 g/mol. The fourth-order valence-corrected chi connectivity index (χ4v) is 2.77. The van der Waals surface area contributed by atoms with Crippen LogP contribution >= 0.6 is 0 Å². The average Bonchev–Trinajstić information content (AvgIpc) is 2.84. The number of amides is 2. The molecule has 0 unspecified atom stereocenters. The highest BCUT2D eigenvalue weighted by atomic mass is 16.2. The Kier molecular flexibility index (Phi) is 4.00. The topological polar surface area (TPSA) is 77.3 Å². The first kappa shape index (κ1) is 15.7. The van der Waals surface area contributed by atoms with Crippen LogP contribution in [0.25, 0.3) is 0 Å². The number of hydrogen-bond donors (Lipinski definition) is 0. The summed E-state index contributed by atoms with van der Waals surface area (Å²) in [5.41, 5.74) is 2.23. The largest absolute Gasteiger partial charge is 0.357 e. The van der Waals surface area contributed by atoms with Gasteiger partial charge in [-0.25, -0.2) is 4.98 Å². The Balaban J connectivity index is 1.76. The Labute approximate surface area is 139 Å². The third-order valence-corrected chi connectivity index (χ3v) is 4.15. The summed E-state index contributed by atoms with van der Waals surface area (Å²) >= 11 is 0. The van der Waals surface area contributed by atoms with E-state index in [0.717, 1.165) is 5.56 Å². The molecule has 6 nitrogen and oxygen atoms in total. The van der Waals surface area contributed by atoms with Crippen molar-refractivity contribution >= 4 is 17.6 Å². The van der Waals surface area contributed by atoms with Crippen LogP contribution in [-0.2, 0) is 0 Å². The van der Waals surface area contributed by atoms with Crippen LogP contribution in [-0.4, -0.2) is 41.8 Å². The number of rotatable bonds is 4. The molecular formula is C18H16N4O2. The zero-order valence-electron chi connectivity index (χ0n) is 13.5. The van der Waals surface area contributed by atoms with E-state index in [4.69, 9.17) is 0 Å². The van der Waals surface area contributed by atoms with Gasteiger partial charge in [-0.2, -0.15) is 5.26 Å². The van der Waals surface area contributed by atoms with Gasteiger partial charge in [0.25, 0.3) is 11.8 Å². The molecule has 2 amide bonds. The van der Waals surface area contributed by atoms with Crippen molar-refractivity contribution in [3.05, 3.63) is 58.8 Å². The standard InChI is InChI=1S/C18H16N4O2/c1-12-7-8-20-16(15(12)11-19)21(2)9-10-22-17(23)13-5-3-4-6-14(13)18(22)24/h3-8H,9-10H2,1-2H3. The van der Waals surface area contributed by atoms with E-state index in [0.29, 0.717) is 29.1 Å². The molecule has 120 valence electrons. The number of imide groups is 1. The lowest BCUT2D eigenvalue weighted by Gasteiger charge is -2.22. The third-order valence-electron chi connectivity index (χ3n) is 4.15. The molecule has 2 aromatic rings. The summed E-state index contributed by atoms with van der Waals surface area (Å²) in [6.07, 6.45) is 1.64. The van der Waals surface area contributed by atoms with E-state index < -0.39 is 0 Å². The van der Waals surface area contributed by atoms with Gasteiger partial charge in [0.2, 0.25) is 0 Å². The van der Waals surface area contributed by atoms with E-state index in [-0.39, 0.29) is 18.4 Å². The molecule has 0 radical (unpaired) electrons. The van der Waals surface area contributed by atoms with Crippen molar-refractivity contribution in [1.82, 2.24) is 9.88 Å². The fraction of sp³-hybridized carbons (Fsp3) is 0.222. The van der Waals surface area contributed by atoms with Gasteiger partial charge in [0.05, 0.1) is 16.7 Å². The molecule has 0 saturated carbocycles. The molecule has 0 N–H and O–H groups in total. The number of likely N-dealkylation sites (N-methyl/N-ethyl adjacent to an activating group) is 1. The number of fused-ring (bicyclic) bond motifs is 1. The molecule has 1 aromatic heterocycles. The number of nitrogens with zero attached hydrogens (tertiary/aromatic N) is 4.